The lowest BCUT2D eigenvalue weighted by atomic mass is 10.1. The Morgan fingerprint density at radius 1 is 0.964 bits per heavy atom. The van der Waals surface area contributed by atoms with Crippen molar-refractivity contribution in [1.29, 1.82) is 0 Å². The summed E-state index contributed by atoms with van der Waals surface area (Å²) in [6.45, 7) is 4.60. The largest absolute Gasteiger partial charge is 0.371 e. The highest BCUT2D eigenvalue weighted by Gasteiger charge is 2.19. The molecule has 150 valence electrons. The highest BCUT2D eigenvalue weighted by molar-refractivity contribution is 6.30. The van der Waals surface area contributed by atoms with Gasteiger partial charge in [-0.1, -0.05) is 48.4 Å². The number of fused-ring (bicyclic) bond motifs is 1. The van der Waals surface area contributed by atoms with E-state index in [9.17, 15) is 0 Å². The molecule has 1 fully saturated rings. The first-order chi connectivity index (χ1) is 13.2. The topological polar surface area (TPSA) is 17.4 Å². The molecule has 0 aliphatic carbocycles. The first kappa shape index (κ1) is 21.2. The van der Waals surface area contributed by atoms with Crippen LogP contribution in [0.1, 0.15) is 36.1 Å². The molecule has 3 aromatic rings. The van der Waals surface area contributed by atoms with E-state index in [0.717, 1.165) is 17.1 Å². The minimum atomic E-state index is 0. The number of hydrogen-bond acceptors (Lipinski definition) is 2. The van der Waals surface area contributed by atoms with Crippen LogP contribution in [0.4, 0.5) is 0 Å². The number of hydrogen-bond donors (Lipinski definition) is 0. The zero-order valence-corrected chi connectivity index (χ0v) is 17.9. The van der Waals surface area contributed by atoms with E-state index in [1.165, 1.54) is 54.5 Å². The van der Waals surface area contributed by atoms with Gasteiger partial charge in [0.1, 0.15) is 0 Å². The average molecular weight is 419 g/mol. The first-order valence-corrected chi connectivity index (χ1v) is 10.2. The van der Waals surface area contributed by atoms with E-state index in [1.54, 1.807) is 0 Å². The third-order valence-corrected chi connectivity index (χ3v) is 5.81. The number of para-hydroxylation sites is 1. The van der Waals surface area contributed by atoms with Gasteiger partial charge >= 0.3 is 0 Å². The average Bonchev–Trinajstić information content (AvgIpc) is 2.95. The number of nitrogens with zero attached hydrogens (tertiary/aromatic N) is 2. The van der Waals surface area contributed by atoms with Crippen LogP contribution in [0, 0.1) is 0 Å². The minimum Gasteiger partial charge on any atom is -0.371 e. The Hall–Kier alpha value is -1.52. The number of ether oxygens (including phenoxy) is 1. The summed E-state index contributed by atoms with van der Waals surface area (Å²) in [4.78, 5) is 2.59. The molecule has 0 atom stereocenters. The van der Waals surface area contributed by atoms with Gasteiger partial charge in [-0.15, -0.1) is 12.4 Å². The van der Waals surface area contributed by atoms with Crippen LogP contribution in [0.2, 0.25) is 5.02 Å². The summed E-state index contributed by atoms with van der Waals surface area (Å²) in [5, 5.41) is 2.11. The third kappa shape index (κ3) is 4.72. The van der Waals surface area contributed by atoms with E-state index in [0.29, 0.717) is 13.2 Å². The summed E-state index contributed by atoms with van der Waals surface area (Å²) in [5.41, 5.74) is 5.09. The van der Waals surface area contributed by atoms with Gasteiger partial charge in [0.2, 0.25) is 0 Å². The molecule has 0 saturated carbocycles. The number of piperidine rings is 1. The van der Waals surface area contributed by atoms with Crippen LogP contribution in [-0.2, 0) is 31.5 Å². The van der Waals surface area contributed by atoms with Crippen molar-refractivity contribution in [3.8, 4) is 0 Å². The molecule has 3 nitrogen and oxygen atoms in total. The first-order valence-electron chi connectivity index (χ1n) is 9.82. The highest BCUT2D eigenvalue weighted by atomic mass is 35.5. The number of aromatic nitrogens is 1. The highest BCUT2D eigenvalue weighted by Crippen LogP contribution is 2.28. The fraction of sp³-hybridized carbons (Fsp3) is 0.391. The predicted molar refractivity (Wildman–Crippen MR) is 119 cm³/mol. The van der Waals surface area contributed by atoms with E-state index in [-0.39, 0.29) is 12.4 Å². The molecule has 28 heavy (non-hydrogen) atoms. The van der Waals surface area contributed by atoms with Crippen LogP contribution in [0.15, 0.2) is 48.5 Å². The molecule has 0 spiro atoms. The molecule has 0 N–H and O–H groups in total. The molecule has 4 rings (SSSR count). The van der Waals surface area contributed by atoms with Gasteiger partial charge in [0.05, 0.1) is 13.2 Å². The molecule has 2 heterocycles. The van der Waals surface area contributed by atoms with E-state index in [1.807, 2.05) is 18.2 Å². The summed E-state index contributed by atoms with van der Waals surface area (Å²) in [6.07, 6.45) is 3.98. The maximum absolute atomic E-state index is 6.10. The summed E-state index contributed by atoms with van der Waals surface area (Å²) < 4.78 is 8.40. The maximum Gasteiger partial charge on any atom is 0.0875 e. The van der Waals surface area contributed by atoms with Crippen LogP contribution < -0.4 is 0 Å². The van der Waals surface area contributed by atoms with Crippen molar-refractivity contribution in [2.75, 3.05) is 13.1 Å². The van der Waals surface area contributed by atoms with Crippen molar-refractivity contribution in [2.24, 2.45) is 7.05 Å². The Labute approximate surface area is 178 Å². The Morgan fingerprint density at radius 2 is 1.75 bits per heavy atom. The lowest BCUT2D eigenvalue weighted by Crippen LogP contribution is -2.29. The van der Waals surface area contributed by atoms with Crippen LogP contribution in [0.5, 0.6) is 0 Å². The van der Waals surface area contributed by atoms with E-state index in [2.05, 4.69) is 46.8 Å². The van der Waals surface area contributed by atoms with Crippen LogP contribution in [0.3, 0.4) is 0 Å². The van der Waals surface area contributed by atoms with Gasteiger partial charge in [0, 0.05) is 35.2 Å². The predicted octanol–water partition coefficient (Wildman–Crippen LogP) is 5.96. The third-order valence-electron chi connectivity index (χ3n) is 5.57. The Bertz CT molecular complexity index is 916. The van der Waals surface area contributed by atoms with E-state index in [4.69, 9.17) is 16.3 Å². The smallest absolute Gasteiger partial charge is 0.0875 e. The number of aryl methyl sites for hydroxylation is 1. The molecule has 2 aromatic carbocycles. The van der Waals surface area contributed by atoms with Gasteiger partial charge in [-0.3, -0.25) is 4.90 Å². The van der Waals surface area contributed by atoms with Gasteiger partial charge in [0.15, 0.2) is 0 Å². The van der Waals surface area contributed by atoms with Gasteiger partial charge in [-0.05, 0) is 55.3 Å². The zero-order valence-electron chi connectivity index (χ0n) is 16.4. The van der Waals surface area contributed by atoms with Crippen molar-refractivity contribution in [1.82, 2.24) is 9.47 Å². The molecule has 0 radical (unpaired) electrons. The van der Waals surface area contributed by atoms with Gasteiger partial charge in [-0.25, -0.2) is 0 Å². The van der Waals surface area contributed by atoms with Crippen LogP contribution in [-0.4, -0.2) is 22.6 Å². The van der Waals surface area contributed by atoms with Gasteiger partial charge in [-0.2, -0.15) is 0 Å². The molecule has 0 bridgehead atoms. The molecular formula is C23H28Cl2N2O. The van der Waals surface area contributed by atoms with E-state index < -0.39 is 0 Å². The summed E-state index contributed by atoms with van der Waals surface area (Å²) in [6, 6.07) is 16.6. The molecule has 0 amide bonds. The Balaban J connectivity index is 0.00000225. The van der Waals surface area contributed by atoms with Crippen LogP contribution >= 0.6 is 24.0 Å². The second-order valence-electron chi connectivity index (χ2n) is 7.46. The molecule has 1 aliphatic rings. The second kappa shape index (κ2) is 9.80. The Morgan fingerprint density at radius 3 is 2.54 bits per heavy atom. The fourth-order valence-electron chi connectivity index (χ4n) is 4.12. The SMILES string of the molecule is Cl.Cn1c(COCc2cccc(Cl)c2)c(CN2CCCCC2)c2ccccc21. The second-order valence-corrected chi connectivity index (χ2v) is 7.90. The van der Waals surface area contributed by atoms with Crippen molar-refractivity contribution in [3.05, 3.63) is 70.4 Å². The number of benzene rings is 2. The maximum atomic E-state index is 6.10. The van der Waals surface area contributed by atoms with Crippen molar-refractivity contribution in [3.63, 3.8) is 0 Å². The zero-order chi connectivity index (χ0) is 18.6. The van der Waals surface area contributed by atoms with Crippen molar-refractivity contribution < 1.29 is 4.74 Å². The number of rotatable bonds is 6. The molecular weight excluding hydrogens is 391 g/mol. The van der Waals surface area contributed by atoms with E-state index >= 15 is 0 Å². The number of likely N-dealkylation sites (tertiary alicyclic amines) is 1. The van der Waals surface area contributed by atoms with Crippen molar-refractivity contribution in [2.45, 2.75) is 39.0 Å². The molecule has 1 saturated heterocycles. The summed E-state index contributed by atoms with van der Waals surface area (Å²) in [7, 11) is 2.15. The minimum absolute atomic E-state index is 0. The lowest BCUT2D eigenvalue weighted by molar-refractivity contribution is 0.101. The normalized spacial score (nSPS) is 14.9. The van der Waals surface area contributed by atoms with Crippen LogP contribution in [0.25, 0.3) is 10.9 Å². The van der Waals surface area contributed by atoms with Gasteiger partial charge < -0.3 is 9.30 Å². The summed E-state index contributed by atoms with van der Waals surface area (Å²) in [5.74, 6) is 0. The molecule has 1 aliphatic heterocycles. The standard InChI is InChI=1S/C23H27ClN2O.ClH/c1-25-22-11-4-3-10-20(22)21(15-26-12-5-2-6-13-26)23(25)17-27-16-18-8-7-9-19(24)14-18;/h3-4,7-11,14H,2,5-6,12-13,15-17H2,1H3;1H. The Kier molecular flexibility index (Phi) is 7.42. The summed E-state index contributed by atoms with van der Waals surface area (Å²) >= 11 is 6.09. The van der Waals surface area contributed by atoms with Gasteiger partial charge in [0.25, 0.3) is 0 Å². The molecule has 1 aromatic heterocycles. The monoisotopic (exact) mass is 418 g/mol. The molecule has 0 unspecified atom stereocenters. The fourth-order valence-corrected chi connectivity index (χ4v) is 4.33. The quantitative estimate of drug-likeness (QED) is 0.491. The number of halogens is 2. The van der Waals surface area contributed by atoms with Crippen molar-refractivity contribution >= 4 is 34.9 Å². The molecule has 5 heteroatoms. The lowest BCUT2D eigenvalue weighted by Gasteiger charge is -2.26.